The van der Waals surface area contributed by atoms with Gasteiger partial charge in [0.2, 0.25) is 0 Å². The molecule has 14 rings (SSSR count). The van der Waals surface area contributed by atoms with E-state index in [2.05, 4.69) is 271 Å². The van der Waals surface area contributed by atoms with E-state index in [0.717, 1.165) is 50.5 Å². The zero-order chi connectivity index (χ0) is 62.6. The summed E-state index contributed by atoms with van der Waals surface area (Å²) in [6.07, 6.45) is 34.6. The van der Waals surface area contributed by atoms with Gasteiger partial charge in [0, 0.05) is 28.9 Å². The van der Waals surface area contributed by atoms with E-state index in [0.29, 0.717) is 0 Å². The molecule has 95 heavy (non-hydrogen) atoms. The smallest absolute Gasteiger partial charge is 0.366 e. The Morgan fingerprint density at radius 3 is 0.684 bits per heavy atom. The van der Waals surface area contributed by atoms with Crippen molar-refractivity contribution < 1.29 is 89.5 Å². The molecule has 12 aromatic carbocycles. The van der Waals surface area contributed by atoms with E-state index >= 15 is 0 Å². The quantitative estimate of drug-likeness (QED) is 0.0443. The van der Waals surface area contributed by atoms with Gasteiger partial charge in [-0.2, -0.15) is 0 Å². The van der Waals surface area contributed by atoms with Crippen molar-refractivity contribution in [2.75, 3.05) is 24.6 Å². The van der Waals surface area contributed by atoms with Crippen molar-refractivity contribution in [3.05, 3.63) is 375 Å². The fourth-order valence-corrected chi connectivity index (χ4v) is 24.6. The molecule has 1 aliphatic rings. The van der Waals surface area contributed by atoms with Crippen molar-refractivity contribution in [1.82, 2.24) is 4.57 Å². The Bertz CT molecular complexity index is 4060. The molecule has 1 heterocycles. The molecule has 0 amide bonds. The number of aromatic nitrogens is 1. The molecule has 0 unspecified atom stereocenters. The molecule has 0 spiro atoms. The number of fused-ring (bicyclic) bond motifs is 6. The second-order valence-electron chi connectivity index (χ2n) is 22.3. The van der Waals surface area contributed by atoms with Crippen LogP contribution in [0.2, 0.25) is 0 Å². The van der Waals surface area contributed by atoms with Gasteiger partial charge >= 0.3 is 89.5 Å². The van der Waals surface area contributed by atoms with E-state index in [4.69, 9.17) is 25.7 Å². The molecule has 0 radical (unpaired) electrons. The van der Waals surface area contributed by atoms with Crippen LogP contribution in [-0.4, -0.2) is 29.2 Å². The number of nitrogens with zero attached hydrogens (tertiary/aromatic N) is 1. The molecular formula is C86H69Au4NP4+4. The summed E-state index contributed by atoms with van der Waals surface area (Å²) in [7, 11) is -1.14. The molecule has 13 aromatic rings. The molecule has 1 nitrogen and oxygen atoms in total. The minimum atomic E-state index is -0.783. The largest absolute Gasteiger partial charge is 1.00 e. The van der Waals surface area contributed by atoms with Crippen LogP contribution in [0.25, 0.3) is 32.9 Å². The fraction of sp³-hybridized carbons (Fsp3) is 0.0698. The maximum absolute atomic E-state index is 7.19. The Balaban J connectivity index is 0.000000180. The standard InChI is InChI=1S/2C26H24P2.C17H9N.C17H8.4Au/c2*1-5-13-23(14-6-1)27(24-15-7-2-8-16-24)21-22-28(25-17-9-3-10-18-25)26-19-11-4-12-20-26;1-4-12-6-8-14-15-9-7-13(5-2)11-17(15)18(3)16(14)10-12;1-3-12-5-7-16-14(9-12)11-15-10-13(4-2)6-8-17(15)16;;;;/h2*1-20H,21-22H2;6-11H,3H3;5-10H,11H2;;;;/q;;2*-2;4*+1/p+4. The summed E-state index contributed by atoms with van der Waals surface area (Å²) in [6.45, 7) is 0. The van der Waals surface area contributed by atoms with E-state index in [1.807, 2.05) is 79.8 Å². The fourth-order valence-electron chi connectivity index (χ4n) is 12.2. The summed E-state index contributed by atoms with van der Waals surface area (Å²) in [5, 5.41) is 14.4. The van der Waals surface area contributed by atoms with E-state index in [-0.39, 0.29) is 89.5 Å². The topological polar surface area (TPSA) is 4.93 Å². The van der Waals surface area contributed by atoms with Crippen LogP contribution in [-0.2, 0) is 103 Å². The third-order valence-corrected chi connectivity index (χ3v) is 28.9. The third kappa shape index (κ3) is 19.8. The predicted molar refractivity (Wildman–Crippen MR) is 401 cm³/mol. The first kappa shape index (κ1) is 75.7. The van der Waals surface area contributed by atoms with Crippen LogP contribution in [0.15, 0.2) is 315 Å². The summed E-state index contributed by atoms with van der Waals surface area (Å²) >= 11 is 0. The molecule has 0 bridgehead atoms. The first-order chi connectivity index (χ1) is 44.9. The van der Waals surface area contributed by atoms with Crippen molar-refractivity contribution in [2.24, 2.45) is 7.05 Å². The maximum atomic E-state index is 7.19. The minimum Gasteiger partial charge on any atom is -0.366 e. The van der Waals surface area contributed by atoms with Crippen molar-refractivity contribution in [2.45, 2.75) is 6.42 Å². The average Bonchev–Trinajstić information content (AvgIpc) is 1.63. The van der Waals surface area contributed by atoms with Crippen LogP contribution in [0.5, 0.6) is 0 Å². The predicted octanol–water partition coefficient (Wildman–Crippen LogP) is 15.8. The van der Waals surface area contributed by atoms with Crippen LogP contribution in [0, 0.1) is 49.4 Å². The van der Waals surface area contributed by atoms with Gasteiger partial charge in [-0.15, -0.1) is 70.8 Å². The van der Waals surface area contributed by atoms with E-state index in [1.54, 1.807) is 0 Å². The summed E-state index contributed by atoms with van der Waals surface area (Å²) in [5.74, 6) is 9.64. The number of rotatable bonds is 14. The van der Waals surface area contributed by atoms with Gasteiger partial charge in [0.1, 0.15) is 24.6 Å². The van der Waals surface area contributed by atoms with Crippen LogP contribution < -0.4 is 42.4 Å². The van der Waals surface area contributed by atoms with Crippen molar-refractivity contribution in [1.29, 1.82) is 0 Å². The summed E-state index contributed by atoms with van der Waals surface area (Å²) in [6, 6.07) is 113. The van der Waals surface area contributed by atoms with Gasteiger partial charge in [-0.3, -0.25) is 23.7 Å². The monoisotopic (exact) mass is 2030 g/mol. The Morgan fingerprint density at radius 1 is 0.274 bits per heavy atom. The molecular weight excluding hydrogens is 1960 g/mol. The van der Waals surface area contributed by atoms with E-state index in [9.17, 15) is 0 Å². The third-order valence-electron chi connectivity index (χ3n) is 16.7. The van der Waals surface area contributed by atoms with Crippen LogP contribution in [0.4, 0.5) is 0 Å². The van der Waals surface area contributed by atoms with E-state index in [1.165, 1.54) is 89.3 Å². The SMILES string of the molecule is [Au+].[Au+].[Au+].[Au+].[C-]#Cc1ccc2c(c1)Cc1cc(C#[C-])ccc1-2.[C-]#Cc1ccc2c3ccc(C#[C-])cc3n(C)c2c1.c1ccc([PH+](CC[PH+](c2ccccc2)c2ccccc2)c2ccccc2)cc1.c1ccc([PH+](CC[PH+](c2ccccc2)c2ccccc2)c2ccccc2)cc1. The second-order valence-corrected chi connectivity index (χ2v) is 32.7. The molecule has 9 heteroatoms. The Morgan fingerprint density at radius 2 is 0.474 bits per heavy atom. The minimum absolute atomic E-state index is 0. The molecule has 0 aliphatic heterocycles. The molecule has 478 valence electrons. The number of hydrogen-bond acceptors (Lipinski definition) is 0. The Kier molecular flexibility index (Phi) is 31.0. The van der Waals surface area contributed by atoms with Crippen LogP contribution >= 0.6 is 31.7 Å². The summed E-state index contributed by atoms with van der Waals surface area (Å²) in [5.41, 5.74) is 10.3. The van der Waals surface area contributed by atoms with Gasteiger partial charge in [0.15, 0.2) is 0 Å². The van der Waals surface area contributed by atoms with Gasteiger partial charge in [-0.1, -0.05) is 181 Å². The van der Waals surface area contributed by atoms with Crippen LogP contribution in [0.3, 0.4) is 0 Å². The maximum Gasteiger partial charge on any atom is 1.00 e. The van der Waals surface area contributed by atoms with Crippen molar-refractivity contribution in [3.8, 4) is 34.8 Å². The van der Waals surface area contributed by atoms with Gasteiger partial charge in [0.05, 0.1) is 74.1 Å². The summed E-state index contributed by atoms with van der Waals surface area (Å²) < 4.78 is 2.08. The first-order valence-electron chi connectivity index (χ1n) is 30.8. The van der Waals surface area contributed by atoms with Crippen molar-refractivity contribution >= 4 is 95.9 Å². The van der Waals surface area contributed by atoms with Gasteiger partial charge in [-0.25, -0.2) is 0 Å². The first-order valence-corrected chi connectivity index (χ1v) is 37.6. The molecule has 1 aromatic heterocycles. The normalized spacial score (nSPS) is 10.5. The van der Waals surface area contributed by atoms with E-state index < -0.39 is 31.7 Å². The van der Waals surface area contributed by atoms with Crippen molar-refractivity contribution in [3.63, 3.8) is 0 Å². The zero-order valence-electron chi connectivity index (χ0n) is 52.2. The average molecular weight is 2030 g/mol. The Labute approximate surface area is 630 Å². The number of aryl methyl sites for hydroxylation is 1. The molecule has 0 fully saturated rings. The zero-order valence-corrected chi connectivity index (χ0v) is 64.9. The Hall–Kier alpha value is -6.64. The molecule has 1 aliphatic carbocycles. The molecule has 0 saturated carbocycles. The second kappa shape index (κ2) is 38.9. The number of benzene rings is 12. The van der Waals surface area contributed by atoms with Gasteiger partial charge < -0.3 is 30.3 Å². The van der Waals surface area contributed by atoms with Gasteiger partial charge in [-0.05, 0) is 115 Å². The number of hydrogen-bond donors (Lipinski definition) is 0. The molecule has 0 N–H and O–H groups in total. The molecule has 0 saturated heterocycles. The van der Waals surface area contributed by atoms with Crippen LogP contribution in [0.1, 0.15) is 33.4 Å². The summed E-state index contributed by atoms with van der Waals surface area (Å²) in [4.78, 5) is 0. The van der Waals surface area contributed by atoms with Gasteiger partial charge in [0.25, 0.3) is 0 Å². The molecule has 0 atom stereocenters.